The predicted octanol–water partition coefficient (Wildman–Crippen LogP) is 7.41. The van der Waals surface area contributed by atoms with Crippen LogP contribution in [0.1, 0.15) is 55.8 Å². The van der Waals surface area contributed by atoms with Gasteiger partial charge < -0.3 is 4.74 Å². The smallest absolute Gasteiger partial charge is 0.305 e. The Morgan fingerprint density at radius 3 is 2.72 bits per heavy atom. The number of fused-ring (bicyclic) bond motifs is 5. The molecular weight excluding hydrogens is 444 g/mol. The molecule has 0 saturated heterocycles. The number of aromatic nitrogens is 2. The fraction of sp³-hybridized carbons (Fsp3) is 0.281. The molecule has 0 unspecified atom stereocenters. The highest BCUT2D eigenvalue weighted by Gasteiger charge is 2.20. The van der Waals surface area contributed by atoms with Gasteiger partial charge in [0.1, 0.15) is 0 Å². The zero-order valence-corrected chi connectivity index (χ0v) is 20.9. The van der Waals surface area contributed by atoms with Crippen molar-refractivity contribution in [3.05, 3.63) is 101 Å². The molecule has 4 nitrogen and oxygen atoms in total. The zero-order valence-electron chi connectivity index (χ0n) is 20.9. The van der Waals surface area contributed by atoms with Crippen molar-refractivity contribution in [2.45, 2.75) is 51.9 Å². The van der Waals surface area contributed by atoms with Crippen molar-refractivity contribution in [3.63, 3.8) is 0 Å². The number of carbonyl (C=O) groups excluding carboxylic acids is 1. The summed E-state index contributed by atoms with van der Waals surface area (Å²) in [6.45, 7) is 2.26. The van der Waals surface area contributed by atoms with E-state index in [2.05, 4.69) is 58.5 Å². The Hall–Kier alpha value is -3.79. The number of allylic oxidation sites excluding steroid dienone is 4. The van der Waals surface area contributed by atoms with Crippen LogP contribution < -0.4 is 0 Å². The van der Waals surface area contributed by atoms with Gasteiger partial charge in [-0.1, -0.05) is 54.1 Å². The van der Waals surface area contributed by atoms with Gasteiger partial charge in [0.2, 0.25) is 0 Å². The van der Waals surface area contributed by atoms with Gasteiger partial charge >= 0.3 is 5.97 Å². The van der Waals surface area contributed by atoms with E-state index >= 15 is 0 Å². The van der Waals surface area contributed by atoms with E-state index in [9.17, 15) is 4.79 Å². The highest BCUT2D eigenvalue weighted by Crippen LogP contribution is 2.39. The summed E-state index contributed by atoms with van der Waals surface area (Å²) in [5, 5.41) is 3.85. The minimum absolute atomic E-state index is 0.142. The summed E-state index contributed by atoms with van der Waals surface area (Å²) in [6.07, 6.45) is 13.3. The summed E-state index contributed by atoms with van der Waals surface area (Å²) >= 11 is 0. The summed E-state index contributed by atoms with van der Waals surface area (Å²) in [5.74, 6) is -0.142. The number of rotatable bonds is 5. The lowest BCUT2D eigenvalue weighted by molar-refractivity contribution is -0.143. The SMILES string of the molecule is C1=CC2=C(CC1)CCc1c2ccc2ccccc12.CCOC(=O)CCCc1ccc2cccnc2n1. The Morgan fingerprint density at radius 2 is 1.81 bits per heavy atom. The molecule has 2 aromatic heterocycles. The van der Waals surface area contributed by atoms with Gasteiger partial charge in [-0.25, -0.2) is 9.97 Å². The molecular formula is C32H32N2O2. The molecule has 0 spiro atoms. The topological polar surface area (TPSA) is 52.1 Å². The van der Waals surface area contributed by atoms with E-state index in [-0.39, 0.29) is 5.97 Å². The van der Waals surface area contributed by atoms with Gasteiger partial charge in [-0.3, -0.25) is 4.79 Å². The monoisotopic (exact) mass is 476 g/mol. The van der Waals surface area contributed by atoms with Crippen LogP contribution in [0.25, 0.3) is 27.4 Å². The number of hydrogen-bond acceptors (Lipinski definition) is 4. The Labute approximate surface area is 212 Å². The third kappa shape index (κ3) is 5.38. The van der Waals surface area contributed by atoms with Crippen LogP contribution in [-0.4, -0.2) is 22.5 Å². The molecule has 0 N–H and O–H groups in total. The lowest BCUT2D eigenvalue weighted by Crippen LogP contribution is -2.06. The van der Waals surface area contributed by atoms with Crippen molar-refractivity contribution in [3.8, 4) is 0 Å². The predicted molar refractivity (Wildman–Crippen MR) is 147 cm³/mol. The van der Waals surface area contributed by atoms with E-state index in [0.717, 1.165) is 29.6 Å². The van der Waals surface area contributed by atoms with Crippen LogP contribution >= 0.6 is 0 Å². The molecule has 0 fully saturated rings. The molecule has 6 rings (SSSR count). The summed E-state index contributed by atoms with van der Waals surface area (Å²) in [6, 6.07) is 21.2. The molecule has 0 bridgehead atoms. The lowest BCUT2D eigenvalue weighted by Gasteiger charge is -2.25. The van der Waals surface area contributed by atoms with Crippen LogP contribution in [0.15, 0.2) is 84.6 Å². The van der Waals surface area contributed by atoms with E-state index in [4.69, 9.17) is 4.74 Å². The molecule has 2 aromatic carbocycles. The maximum absolute atomic E-state index is 11.2. The Bertz CT molecular complexity index is 1450. The maximum Gasteiger partial charge on any atom is 0.305 e. The summed E-state index contributed by atoms with van der Waals surface area (Å²) < 4.78 is 4.88. The molecule has 4 heteroatoms. The molecule has 0 saturated carbocycles. The van der Waals surface area contributed by atoms with Crippen molar-refractivity contribution >= 4 is 33.3 Å². The molecule has 0 atom stereocenters. The zero-order chi connectivity index (χ0) is 24.7. The van der Waals surface area contributed by atoms with E-state index in [1.54, 1.807) is 17.3 Å². The fourth-order valence-corrected chi connectivity index (χ4v) is 5.16. The summed E-state index contributed by atoms with van der Waals surface area (Å²) in [4.78, 5) is 19.9. The average molecular weight is 477 g/mol. The van der Waals surface area contributed by atoms with Gasteiger partial charge in [0.25, 0.3) is 0 Å². The van der Waals surface area contributed by atoms with Crippen LogP contribution in [0.5, 0.6) is 0 Å². The number of aryl methyl sites for hydroxylation is 2. The van der Waals surface area contributed by atoms with Crippen molar-refractivity contribution in [2.75, 3.05) is 6.61 Å². The second-order valence-corrected chi connectivity index (χ2v) is 9.28. The van der Waals surface area contributed by atoms with E-state index in [1.807, 2.05) is 31.2 Å². The number of hydrogen-bond donors (Lipinski definition) is 0. The average Bonchev–Trinajstić information content (AvgIpc) is 2.93. The van der Waals surface area contributed by atoms with Crippen molar-refractivity contribution < 1.29 is 9.53 Å². The van der Waals surface area contributed by atoms with Crippen LogP contribution in [0, 0.1) is 0 Å². The quantitative estimate of drug-likeness (QED) is 0.282. The first-order valence-electron chi connectivity index (χ1n) is 13.0. The second-order valence-electron chi connectivity index (χ2n) is 9.28. The number of carbonyl (C=O) groups is 1. The van der Waals surface area contributed by atoms with Crippen LogP contribution in [0.2, 0.25) is 0 Å². The molecule has 182 valence electrons. The largest absolute Gasteiger partial charge is 0.466 e. The first kappa shape index (κ1) is 23.9. The van der Waals surface area contributed by atoms with E-state index in [0.29, 0.717) is 13.0 Å². The number of benzene rings is 2. The molecule has 0 radical (unpaired) electrons. The molecule has 36 heavy (non-hydrogen) atoms. The Morgan fingerprint density at radius 1 is 0.944 bits per heavy atom. The molecule has 2 aliphatic rings. The summed E-state index contributed by atoms with van der Waals surface area (Å²) in [7, 11) is 0. The Kier molecular flexibility index (Phi) is 7.51. The summed E-state index contributed by atoms with van der Waals surface area (Å²) in [5.41, 5.74) is 7.93. The molecule has 2 heterocycles. The number of nitrogens with zero attached hydrogens (tertiary/aromatic N) is 2. The highest BCUT2D eigenvalue weighted by molar-refractivity contribution is 5.93. The van der Waals surface area contributed by atoms with E-state index in [1.165, 1.54) is 47.6 Å². The number of ether oxygens (including phenoxy) is 1. The first-order chi connectivity index (χ1) is 17.7. The van der Waals surface area contributed by atoms with Gasteiger partial charge in [0.15, 0.2) is 5.65 Å². The molecule has 2 aliphatic carbocycles. The molecule has 0 amide bonds. The third-order valence-corrected chi connectivity index (χ3v) is 6.93. The minimum atomic E-state index is -0.142. The van der Waals surface area contributed by atoms with Crippen LogP contribution in [0.4, 0.5) is 0 Å². The number of pyridine rings is 2. The van der Waals surface area contributed by atoms with Gasteiger partial charge in [0.05, 0.1) is 6.61 Å². The van der Waals surface area contributed by atoms with Gasteiger partial charge in [-0.2, -0.15) is 0 Å². The van der Waals surface area contributed by atoms with Crippen molar-refractivity contribution in [1.29, 1.82) is 0 Å². The number of esters is 1. The third-order valence-electron chi connectivity index (χ3n) is 6.93. The normalized spacial score (nSPS) is 14.1. The van der Waals surface area contributed by atoms with E-state index < -0.39 is 0 Å². The van der Waals surface area contributed by atoms with Gasteiger partial charge in [-0.15, -0.1) is 0 Å². The maximum atomic E-state index is 11.2. The lowest BCUT2D eigenvalue weighted by atomic mass is 9.80. The van der Waals surface area contributed by atoms with Crippen molar-refractivity contribution in [1.82, 2.24) is 9.97 Å². The van der Waals surface area contributed by atoms with Gasteiger partial charge in [-0.05, 0) is 97.2 Å². The minimum Gasteiger partial charge on any atom is -0.466 e. The molecule has 0 aliphatic heterocycles. The standard InChI is InChI=1S/C18H16.C14H16N2O2/c1-3-7-15-13(5-1)9-11-18-16-8-4-2-6-14(16)10-12-17(15)18;1-2-18-13(17)7-3-6-12-9-8-11-5-4-10-15-14(11)16-12/h1,3-5,7-9,11H,2,6,10,12H2;4-5,8-10H,2-3,6-7H2,1H3. The first-order valence-corrected chi connectivity index (χ1v) is 13.0. The highest BCUT2D eigenvalue weighted by atomic mass is 16.5. The second kappa shape index (κ2) is 11.3. The van der Waals surface area contributed by atoms with Crippen LogP contribution in [0.3, 0.4) is 0 Å². The Balaban J connectivity index is 0.000000148. The van der Waals surface area contributed by atoms with Gasteiger partial charge in [0, 0.05) is 23.7 Å². The van der Waals surface area contributed by atoms with Crippen LogP contribution in [-0.2, 0) is 22.4 Å². The molecule has 4 aromatic rings. The fourth-order valence-electron chi connectivity index (χ4n) is 5.16. The van der Waals surface area contributed by atoms with Crippen molar-refractivity contribution in [2.24, 2.45) is 0 Å².